The molecular weight excluding hydrogens is 671 g/mol. The van der Waals surface area contributed by atoms with Crippen LogP contribution in [0.2, 0.25) is 0 Å². The van der Waals surface area contributed by atoms with Crippen molar-refractivity contribution in [3.05, 3.63) is 46.7 Å². The van der Waals surface area contributed by atoms with Crippen molar-refractivity contribution >= 4 is 93.5 Å². The average Bonchev–Trinajstić information content (AvgIpc) is 3.56. The van der Waals surface area contributed by atoms with Gasteiger partial charge in [-0.05, 0) is 37.0 Å². The van der Waals surface area contributed by atoms with Crippen molar-refractivity contribution in [1.29, 1.82) is 0 Å². The molecule has 1 aromatic heterocycles. The number of benzene rings is 1. The van der Waals surface area contributed by atoms with Gasteiger partial charge in [0, 0.05) is 17.3 Å². The van der Waals surface area contributed by atoms with E-state index in [9.17, 15) is 34.2 Å². The first-order valence-electron chi connectivity index (χ1n) is 13.2. The zero-order valence-corrected chi connectivity index (χ0v) is 26.8. The summed E-state index contributed by atoms with van der Waals surface area (Å²) in [5.74, 6) is -3.05. The predicted molar refractivity (Wildman–Crippen MR) is 168 cm³/mol. The lowest BCUT2D eigenvalue weighted by Gasteiger charge is -2.49. The molecule has 4 N–H and O–H groups in total. The van der Waals surface area contributed by atoms with Gasteiger partial charge in [0.15, 0.2) is 8.68 Å². The Bertz CT molecular complexity index is 1530. The number of thiocarbonyl (C=S) groups is 1. The lowest BCUT2D eigenvalue weighted by molar-refractivity contribution is -0.148. The highest BCUT2D eigenvalue weighted by Gasteiger charge is 2.53. The summed E-state index contributed by atoms with van der Waals surface area (Å²) in [4.78, 5) is 65.1. The van der Waals surface area contributed by atoms with Gasteiger partial charge in [-0.15, -0.1) is 22.0 Å². The number of nitrogens with one attached hydrogen (secondary N) is 1. The fraction of sp³-hybridized carbons (Fsp3) is 0.385. The summed E-state index contributed by atoms with van der Waals surface area (Å²) in [7, 11) is 0. The van der Waals surface area contributed by atoms with Crippen LogP contribution in [0, 0.1) is 0 Å². The molecule has 0 aliphatic carbocycles. The Morgan fingerprint density at radius 2 is 1.75 bits per heavy atom. The molecule has 4 heterocycles. The van der Waals surface area contributed by atoms with E-state index in [2.05, 4.69) is 15.5 Å². The molecule has 0 spiro atoms. The van der Waals surface area contributed by atoms with Crippen molar-refractivity contribution < 1.29 is 39.3 Å². The molecule has 1 aromatic carbocycles. The van der Waals surface area contributed by atoms with Crippen molar-refractivity contribution in [2.75, 3.05) is 23.9 Å². The van der Waals surface area contributed by atoms with Gasteiger partial charge in [0.25, 0.3) is 17.7 Å². The van der Waals surface area contributed by atoms with Gasteiger partial charge in [-0.3, -0.25) is 24.2 Å². The Morgan fingerprint density at radius 1 is 1.09 bits per heavy atom. The number of β-lactam (4-membered cyclic amide) rings is 1. The van der Waals surface area contributed by atoms with Gasteiger partial charge in [-0.1, -0.05) is 59.2 Å². The topological polar surface area (TPSA) is 190 Å². The Hall–Kier alpha value is -3.03. The lowest BCUT2D eigenvalue weighted by Crippen LogP contribution is -2.70. The van der Waals surface area contributed by atoms with E-state index in [-0.39, 0.29) is 42.7 Å². The molecule has 232 valence electrons. The fourth-order valence-corrected chi connectivity index (χ4v) is 9.53. The highest BCUT2D eigenvalue weighted by molar-refractivity contribution is 8.03. The van der Waals surface area contributed by atoms with Gasteiger partial charge in [-0.25, -0.2) is 9.59 Å². The standard InChI is InChI=1S/C26H25N5O8S5/c32-8-9-41-25-28-29-26(44-25)43-11-12-10-42-22-17(21(35)31(22)18(12)24(38)39)27-16(40)7-3-6-15(23(36)37)30-19(33)13-4-1-2-5-14(13)20(30)34/h1-2,4-5,15,17,22,32H,3,6-11H2,(H,27,40)(H,36,37)(H,38,39)/t15-,17?,22-/m1/s1. The molecule has 1 unspecified atom stereocenters. The van der Waals surface area contributed by atoms with E-state index in [1.165, 1.54) is 63.7 Å². The zero-order chi connectivity index (χ0) is 31.5. The number of carbonyl (C=O) groups is 5. The molecule has 0 saturated carbocycles. The lowest BCUT2D eigenvalue weighted by atomic mass is 10.0. The summed E-state index contributed by atoms with van der Waals surface area (Å²) in [6.07, 6.45) is 0.397. The van der Waals surface area contributed by atoms with Crippen LogP contribution < -0.4 is 5.32 Å². The van der Waals surface area contributed by atoms with Crippen LogP contribution in [-0.2, 0) is 14.4 Å². The molecule has 3 amide bonds. The van der Waals surface area contributed by atoms with E-state index in [1.807, 2.05) is 0 Å². The molecule has 2 aromatic rings. The van der Waals surface area contributed by atoms with Gasteiger partial charge in [-0.2, -0.15) is 0 Å². The smallest absolute Gasteiger partial charge is 0.352 e. The number of carbonyl (C=O) groups excluding carboxylic acids is 3. The number of hydrogen-bond acceptors (Lipinski definition) is 13. The van der Waals surface area contributed by atoms with Crippen molar-refractivity contribution in [3.63, 3.8) is 0 Å². The van der Waals surface area contributed by atoms with Crippen molar-refractivity contribution in [2.24, 2.45) is 0 Å². The number of imide groups is 1. The molecule has 18 heteroatoms. The summed E-state index contributed by atoms with van der Waals surface area (Å²) in [5, 5.41) is 39.3. The van der Waals surface area contributed by atoms with Gasteiger partial charge in [0.05, 0.1) is 22.7 Å². The number of hydrogen-bond donors (Lipinski definition) is 4. The van der Waals surface area contributed by atoms with Crippen molar-refractivity contribution in [3.8, 4) is 0 Å². The van der Waals surface area contributed by atoms with Crippen LogP contribution in [0.4, 0.5) is 0 Å². The van der Waals surface area contributed by atoms with Gasteiger partial charge >= 0.3 is 11.9 Å². The van der Waals surface area contributed by atoms with Gasteiger partial charge < -0.3 is 20.6 Å². The van der Waals surface area contributed by atoms with Crippen LogP contribution in [0.1, 0.15) is 40.0 Å². The molecule has 3 atom stereocenters. The number of carboxylic acids is 2. The Morgan fingerprint density at radius 3 is 2.36 bits per heavy atom. The number of thioether (sulfide) groups is 3. The highest BCUT2D eigenvalue weighted by atomic mass is 32.2. The average molecular weight is 696 g/mol. The Balaban J connectivity index is 1.15. The maximum absolute atomic E-state index is 13.1. The Kier molecular flexibility index (Phi) is 10.3. The zero-order valence-electron chi connectivity index (χ0n) is 22.7. The molecule has 0 radical (unpaired) electrons. The molecule has 5 rings (SSSR count). The molecule has 0 bridgehead atoms. The van der Waals surface area contributed by atoms with E-state index in [0.717, 1.165) is 4.90 Å². The molecule has 1 fully saturated rings. The first-order valence-corrected chi connectivity index (χ1v) is 17.5. The second-order valence-electron chi connectivity index (χ2n) is 9.68. The van der Waals surface area contributed by atoms with Crippen LogP contribution >= 0.6 is 58.8 Å². The number of fused-ring (bicyclic) bond motifs is 2. The summed E-state index contributed by atoms with van der Waals surface area (Å²) in [5.41, 5.74) is 0.863. The fourth-order valence-electron chi connectivity index (χ4n) is 4.95. The number of aliphatic carboxylic acids is 2. The van der Waals surface area contributed by atoms with Crippen LogP contribution in [0.25, 0.3) is 0 Å². The van der Waals surface area contributed by atoms with Crippen molar-refractivity contribution in [1.82, 2.24) is 25.3 Å². The third kappa shape index (κ3) is 6.50. The minimum absolute atomic E-state index is 0.0221. The van der Waals surface area contributed by atoms with Crippen LogP contribution in [0.15, 0.2) is 44.2 Å². The van der Waals surface area contributed by atoms with Crippen molar-refractivity contribution in [2.45, 2.75) is 45.4 Å². The quantitative estimate of drug-likeness (QED) is 0.0973. The summed E-state index contributed by atoms with van der Waals surface area (Å²) < 4.78 is 1.36. The number of amides is 3. The molecule has 3 aliphatic heterocycles. The Labute approximate surface area is 272 Å². The van der Waals surface area contributed by atoms with E-state index >= 15 is 0 Å². The van der Waals surface area contributed by atoms with Crippen LogP contribution in [-0.4, -0.2) is 111 Å². The largest absolute Gasteiger partial charge is 0.480 e. The summed E-state index contributed by atoms with van der Waals surface area (Å²) >= 11 is 10.9. The first kappa shape index (κ1) is 32.4. The first-order chi connectivity index (χ1) is 21.1. The second-order valence-corrected chi connectivity index (χ2v) is 14.8. The van der Waals surface area contributed by atoms with Gasteiger partial charge in [0.1, 0.15) is 23.2 Å². The molecule has 1 saturated heterocycles. The maximum atomic E-state index is 13.1. The normalized spacial score (nSPS) is 19.9. The van der Waals surface area contributed by atoms with E-state index in [0.29, 0.717) is 36.5 Å². The van der Waals surface area contributed by atoms with E-state index < -0.39 is 47.1 Å². The molecule has 3 aliphatic rings. The summed E-state index contributed by atoms with van der Waals surface area (Å²) in [6.45, 7) is 0.0221. The summed E-state index contributed by atoms with van der Waals surface area (Å²) in [6, 6.07) is 4.07. The van der Waals surface area contributed by atoms with Gasteiger partial charge in [0.2, 0.25) is 0 Å². The number of carboxylic acid groups (broad SMARTS) is 2. The van der Waals surface area contributed by atoms with Crippen LogP contribution in [0.5, 0.6) is 0 Å². The van der Waals surface area contributed by atoms with Crippen LogP contribution in [0.3, 0.4) is 0 Å². The highest BCUT2D eigenvalue weighted by Crippen LogP contribution is 2.42. The third-order valence-corrected chi connectivity index (χ3v) is 11.9. The number of aliphatic hydroxyl groups excluding tert-OH is 1. The van der Waals surface area contributed by atoms with E-state index in [4.69, 9.17) is 17.3 Å². The minimum atomic E-state index is -1.37. The number of aromatic nitrogens is 2. The number of nitrogens with zero attached hydrogens (tertiary/aromatic N) is 4. The minimum Gasteiger partial charge on any atom is -0.480 e. The van der Waals surface area contributed by atoms with E-state index in [1.54, 1.807) is 12.1 Å². The SMILES string of the molecule is O=C(O)C1=C(CSc2nnc(SCCO)s2)CS[C@@H]2C(NC(=S)CCC[C@H](C(=O)O)N3C(=O)c4ccccc4C3=O)C(=O)N12. The number of rotatable bonds is 14. The predicted octanol–water partition coefficient (Wildman–Crippen LogP) is 2.17. The monoisotopic (exact) mass is 695 g/mol. The molecular formula is C26H25N5O8S5. The molecule has 44 heavy (non-hydrogen) atoms. The number of aliphatic hydroxyl groups is 1. The maximum Gasteiger partial charge on any atom is 0.352 e. The third-order valence-electron chi connectivity index (χ3n) is 6.94. The second kappa shape index (κ2) is 13.9. The molecule has 13 nitrogen and oxygen atoms in total.